The predicted octanol–water partition coefficient (Wildman–Crippen LogP) is 4.70. The van der Waals surface area contributed by atoms with Crippen LogP contribution in [-0.2, 0) is 26.2 Å². The maximum atomic E-state index is 14.0. The number of rotatable bonds is 12. The Balaban J connectivity index is 2.09. The number of halogens is 1. The Morgan fingerprint density at radius 1 is 1.02 bits per heavy atom. The summed E-state index contributed by atoms with van der Waals surface area (Å²) in [6.45, 7) is 5.93. The summed E-state index contributed by atoms with van der Waals surface area (Å²) in [4.78, 5) is 38.7. The lowest BCUT2D eigenvalue weighted by molar-refractivity contribution is -0.385. The van der Waals surface area contributed by atoms with E-state index in [1.54, 1.807) is 45.0 Å². The minimum Gasteiger partial charge on any atom is -0.497 e. The van der Waals surface area contributed by atoms with Crippen molar-refractivity contribution in [1.82, 2.24) is 10.2 Å². The van der Waals surface area contributed by atoms with Gasteiger partial charge in [-0.05, 0) is 75.7 Å². The molecule has 0 spiro atoms. The highest BCUT2D eigenvalue weighted by Crippen LogP contribution is 2.29. The normalized spacial score (nSPS) is 12.0. The third kappa shape index (κ3) is 7.77. The molecular weight excluding hydrogens is 584 g/mol. The van der Waals surface area contributed by atoms with Crippen LogP contribution >= 0.6 is 11.6 Å². The Bertz CT molecular complexity index is 1550. The number of aryl methyl sites for hydroxylation is 1. The lowest BCUT2D eigenvalue weighted by atomic mass is 10.1. The quantitative estimate of drug-likeness (QED) is 0.230. The highest BCUT2D eigenvalue weighted by Gasteiger charge is 2.33. The predicted molar refractivity (Wildman–Crippen MR) is 160 cm³/mol. The van der Waals surface area contributed by atoms with Crippen molar-refractivity contribution in [2.24, 2.45) is 0 Å². The summed E-state index contributed by atoms with van der Waals surface area (Å²) in [6, 6.07) is 15.1. The number of hydrogen-bond donors (Lipinski definition) is 1. The van der Waals surface area contributed by atoms with Crippen molar-refractivity contribution in [3.8, 4) is 5.75 Å². The first-order valence-corrected chi connectivity index (χ1v) is 14.8. The summed E-state index contributed by atoms with van der Waals surface area (Å²) in [5.74, 6) is -0.630. The van der Waals surface area contributed by atoms with Crippen molar-refractivity contribution in [2.45, 2.75) is 51.2 Å². The van der Waals surface area contributed by atoms with Crippen LogP contribution in [-0.4, -0.2) is 55.8 Å². The van der Waals surface area contributed by atoms with Gasteiger partial charge >= 0.3 is 0 Å². The molecule has 0 saturated heterocycles. The summed E-state index contributed by atoms with van der Waals surface area (Å²) in [5.41, 5.74) is 0.702. The molecule has 42 heavy (non-hydrogen) atoms. The van der Waals surface area contributed by atoms with Gasteiger partial charge in [-0.25, -0.2) is 8.42 Å². The lowest BCUT2D eigenvalue weighted by Gasteiger charge is -2.32. The van der Waals surface area contributed by atoms with Crippen LogP contribution in [0.4, 0.5) is 11.4 Å². The van der Waals surface area contributed by atoms with E-state index in [1.165, 1.54) is 55.3 Å². The van der Waals surface area contributed by atoms with Gasteiger partial charge in [-0.1, -0.05) is 29.8 Å². The number of nitrogens with one attached hydrogen (secondary N) is 1. The highest BCUT2D eigenvalue weighted by atomic mass is 35.5. The van der Waals surface area contributed by atoms with Gasteiger partial charge < -0.3 is 15.0 Å². The fourth-order valence-corrected chi connectivity index (χ4v) is 5.69. The molecule has 1 N–H and O–H groups in total. The number of benzene rings is 3. The zero-order chi connectivity index (χ0) is 31.2. The molecule has 0 bridgehead atoms. The number of nitrogens with zero attached hydrogens (tertiary/aromatic N) is 3. The molecule has 224 valence electrons. The zero-order valence-corrected chi connectivity index (χ0v) is 25.5. The van der Waals surface area contributed by atoms with Crippen molar-refractivity contribution < 1.29 is 27.7 Å². The van der Waals surface area contributed by atoms with E-state index in [0.29, 0.717) is 16.3 Å². The van der Waals surface area contributed by atoms with E-state index in [2.05, 4.69) is 5.32 Å². The van der Waals surface area contributed by atoms with E-state index < -0.39 is 39.3 Å². The zero-order valence-electron chi connectivity index (χ0n) is 23.9. The summed E-state index contributed by atoms with van der Waals surface area (Å²) in [5, 5.41) is 14.8. The minimum absolute atomic E-state index is 0.00477. The minimum atomic E-state index is -4.50. The molecule has 0 fully saturated rings. The summed E-state index contributed by atoms with van der Waals surface area (Å²) < 4.78 is 34.0. The second-order valence-corrected chi connectivity index (χ2v) is 12.2. The van der Waals surface area contributed by atoms with Crippen LogP contribution in [0, 0.1) is 17.0 Å². The number of nitro groups is 1. The number of sulfonamides is 1. The number of anilines is 1. The number of carbonyl (C=O) groups excluding carboxylic acids is 2. The second-order valence-electron chi connectivity index (χ2n) is 9.90. The van der Waals surface area contributed by atoms with E-state index in [-0.39, 0.29) is 34.4 Å². The van der Waals surface area contributed by atoms with E-state index in [1.807, 2.05) is 0 Å². The monoisotopic (exact) mass is 616 g/mol. The standard InChI is InChI=1S/C29H33ClN4O7S/c1-19(2)31-29(36)21(4)32(17-22-7-9-23(30)10-8-22)28(35)18-33(24-11-13-25(41-5)14-12-24)42(39,40)26-15-6-20(3)27(16-26)34(37)38/h6-16,19,21H,17-18H2,1-5H3,(H,31,36)/t21-/m1/s1. The van der Waals surface area contributed by atoms with Gasteiger partial charge in [0.25, 0.3) is 15.7 Å². The van der Waals surface area contributed by atoms with Crippen LogP contribution in [0.15, 0.2) is 71.6 Å². The van der Waals surface area contributed by atoms with Crippen molar-refractivity contribution in [3.05, 3.63) is 93.0 Å². The lowest BCUT2D eigenvalue weighted by Crippen LogP contribution is -2.52. The van der Waals surface area contributed by atoms with Gasteiger partial charge in [-0.2, -0.15) is 0 Å². The number of amides is 2. The third-order valence-corrected chi connectivity index (χ3v) is 8.49. The Morgan fingerprint density at radius 3 is 2.19 bits per heavy atom. The molecule has 1 atom stereocenters. The van der Waals surface area contributed by atoms with Gasteiger partial charge in [0, 0.05) is 29.2 Å². The molecule has 3 aromatic rings. The summed E-state index contributed by atoms with van der Waals surface area (Å²) in [7, 11) is -3.04. The molecular formula is C29H33ClN4O7S. The molecule has 13 heteroatoms. The number of carbonyl (C=O) groups is 2. The van der Waals surface area contributed by atoms with Crippen LogP contribution in [0.25, 0.3) is 0 Å². The molecule has 0 heterocycles. The Morgan fingerprint density at radius 2 is 1.64 bits per heavy atom. The maximum Gasteiger partial charge on any atom is 0.273 e. The summed E-state index contributed by atoms with van der Waals surface area (Å²) in [6.07, 6.45) is 0. The molecule has 0 aliphatic carbocycles. The number of hydrogen-bond acceptors (Lipinski definition) is 7. The van der Waals surface area contributed by atoms with Crippen LogP contribution in [0.3, 0.4) is 0 Å². The van der Waals surface area contributed by atoms with E-state index in [9.17, 15) is 28.1 Å². The fourth-order valence-electron chi connectivity index (χ4n) is 4.13. The number of ether oxygens (including phenoxy) is 1. The van der Waals surface area contributed by atoms with Gasteiger partial charge in [0.15, 0.2) is 0 Å². The van der Waals surface area contributed by atoms with Crippen LogP contribution in [0.5, 0.6) is 5.75 Å². The highest BCUT2D eigenvalue weighted by molar-refractivity contribution is 7.92. The topological polar surface area (TPSA) is 139 Å². The molecule has 2 amide bonds. The first-order chi connectivity index (χ1) is 19.7. The molecule has 0 aromatic heterocycles. The van der Waals surface area contributed by atoms with E-state index in [0.717, 1.165) is 10.4 Å². The van der Waals surface area contributed by atoms with Crippen molar-refractivity contribution in [3.63, 3.8) is 0 Å². The average molecular weight is 617 g/mol. The van der Waals surface area contributed by atoms with Crippen LogP contribution < -0.4 is 14.4 Å². The number of nitro benzene ring substituents is 1. The third-order valence-electron chi connectivity index (χ3n) is 6.47. The first-order valence-electron chi connectivity index (χ1n) is 13.0. The maximum absolute atomic E-state index is 14.0. The van der Waals surface area contributed by atoms with Crippen molar-refractivity contribution >= 4 is 44.8 Å². The van der Waals surface area contributed by atoms with Crippen molar-refractivity contribution in [2.75, 3.05) is 18.0 Å². The molecule has 0 aliphatic rings. The van der Waals surface area contributed by atoms with Gasteiger partial charge in [0.05, 0.1) is 22.6 Å². The molecule has 11 nitrogen and oxygen atoms in total. The molecule has 0 saturated carbocycles. The fraction of sp³-hybridized carbons (Fsp3) is 0.310. The molecule has 3 rings (SSSR count). The smallest absolute Gasteiger partial charge is 0.273 e. The Labute approximate surface area is 250 Å². The SMILES string of the molecule is COc1ccc(N(CC(=O)N(Cc2ccc(Cl)cc2)[C@H](C)C(=O)NC(C)C)S(=O)(=O)c2ccc(C)c([N+](=O)[O-])c2)cc1. The van der Waals surface area contributed by atoms with Crippen LogP contribution in [0.1, 0.15) is 31.9 Å². The average Bonchev–Trinajstić information content (AvgIpc) is 2.94. The Kier molecular flexibility index (Phi) is 10.5. The molecule has 0 unspecified atom stereocenters. The Hall–Kier alpha value is -4.16. The summed E-state index contributed by atoms with van der Waals surface area (Å²) >= 11 is 6.02. The van der Waals surface area contributed by atoms with Gasteiger partial charge in [-0.15, -0.1) is 0 Å². The van der Waals surface area contributed by atoms with Gasteiger partial charge in [0.1, 0.15) is 18.3 Å². The van der Waals surface area contributed by atoms with E-state index in [4.69, 9.17) is 16.3 Å². The van der Waals surface area contributed by atoms with E-state index >= 15 is 0 Å². The van der Waals surface area contributed by atoms with Gasteiger partial charge in [-0.3, -0.25) is 24.0 Å². The molecule has 3 aromatic carbocycles. The molecule has 0 radical (unpaired) electrons. The van der Waals surface area contributed by atoms with Gasteiger partial charge in [0.2, 0.25) is 11.8 Å². The molecule has 0 aliphatic heterocycles. The first kappa shape index (κ1) is 32.4. The van der Waals surface area contributed by atoms with Crippen molar-refractivity contribution in [1.29, 1.82) is 0 Å². The number of methoxy groups -OCH3 is 1. The second kappa shape index (κ2) is 13.7. The van der Waals surface area contributed by atoms with Crippen LogP contribution in [0.2, 0.25) is 5.02 Å². The largest absolute Gasteiger partial charge is 0.497 e.